The van der Waals surface area contributed by atoms with Gasteiger partial charge in [0.2, 0.25) is 0 Å². The molecule has 22 heavy (non-hydrogen) atoms. The van der Waals surface area contributed by atoms with E-state index in [1.54, 1.807) is 0 Å². The second kappa shape index (κ2) is 5.87. The molecule has 0 spiro atoms. The fourth-order valence-corrected chi connectivity index (χ4v) is 1.69. The van der Waals surface area contributed by atoms with E-state index in [0.717, 1.165) is 18.2 Å². The molecule has 2 aromatic rings. The molecule has 2 aromatic carbocycles. The van der Waals surface area contributed by atoms with E-state index in [4.69, 9.17) is 0 Å². The van der Waals surface area contributed by atoms with E-state index in [1.807, 2.05) is 0 Å². The number of nitro benzene ring substituents is 2. The zero-order chi connectivity index (χ0) is 16.3. The van der Waals surface area contributed by atoms with Crippen LogP contribution < -0.4 is 5.32 Å². The third-order valence-corrected chi connectivity index (χ3v) is 2.76. The molecular formula is C13H9N3O6. The molecule has 112 valence electrons. The molecule has 0 radical (unpaired) electrons. The van der Waals surface area contributed by atoms with Crippen LogP contribution in [0, 0.1) is 20.2 Å². The van der Waals surface area contributed by atoms with Gasteiger partial charge in [-0.1, -0.05) is 6.07 Å². The summed E-state index contributed by atoms with van der Waals surface area (Å²) in [6.07, 6.45) is 0. The van der Waals surface area contributed by atoms with E-state index in [2.05, 4.69) is 5.32 Å². The summed E-state index contributed by atoms with van der Waals surface area (Å²) in [7, 11) is 0. The standard InChI is InChI=1S/C13H9N3O6/c17-12-7-10(16(21)22)4-5-11(12)14-13(18)8-2-1-3-9(6-8)15(19)20/h1-7,17H,(H,14,18). The summed E-state index contributed by atoms with van der Waals surface area (Å²) in [4.78, 5) is 31.9. The second-order valence-corrected chi connectivity index (χ2v) is 4.22. The van der Waals surface area contributed by atoms with Crippen molar-refractivity contribution in [2.24, 2.45) is 0 Å². The predicted molar refractivity (Wildman–Crippen MR) is 75.8 cm³/mol. The zero-order valence-corrected chi connectivity index (χ0v) is 10.9. The summed E-state index contributed by atoms with van der Waals surface area (Å²) in [5.74, 6) is -1.17. The molecule has 2 N–H and O–H groups in total. The van der Waals surface area contributed by atoms with Crippen molar-refractivity contribution in [3.8, 4) is 5.75 Å². The molecule has 0 saturated carbocycles. The monoisotopic (exact) mass is 303 g/mol. The number of carbonyl (C=O) groups is 1. The number of non-ortho nitro benzene ring substituents is 2. The number of aromatic hydroxyl groups is 1. The number of phenolic OH excluding ortho intramolecular Hbond substituents is 1. The van der Waals surface area contributed by atoms with Crippen LogP contribution in [0.3, 0.4) is 0 Å². The maximum Gasteiger partial charge on any atom is 0.273 e. The van der Waals surface area contributed by atoms with Gasteiger partial charge < -0.3 is 10.4 Å². The van der Waals surface area contributed by atoms with Gasteiger partial charge in [-0.05, 0) is 12.1 Å². The zero-order valence-electron chi connectivity index (χ0n) is 10.9. The summed E-state index contributed by atoms with van der Waals surface area (Å²) in [6.45, 7) is 0. The first kappa shape index (κ1) is 14.9. The van der Waals surface area contributed by atoms with Crippen molar-refractivity contribution in [2.75, 3.05) is 5.32 Å². The summed E-state index contributed by atoms with van der Waals surface area (Å²) in [5, 5.41) is 33.2. The maximum atomic E-state index is 12.0. The number of hydrogen-bond acceptors (Lipinski definition) is 6. The van der Waals surface area contributed by atoms with Crippen molar-refractivity contribution >= 4 is 23.0 Å². The Labute approximate surface area is 123 Å². The van der Waals surface area contributed by atoms with Gasteiger partial charge in [0.15, 0.2) is 0 Å². The molecule has 0 aliphatic carbocycles. The quantitative estimate of drug-likeness (QED) is 0.506. The third kappa shape index (κ3) is 3.15. The molecule has 0 aliphatic rings. The number of carbonyl (C=O) groups excluding carboxylic acids is 1. The van der Waals surface area contributed by atoms with Crippen LogP contribution in [-0.4, -0.2) is 20.9 Å². The highest BCUT2D eigenvalue weighted by Gasteiger charge is 2.15. The van der Waals surface area contributed by atoms with Crippen molar-refractivity contribution < 1.29 is 19.7 Å². The lowest BCUT2D eigenvalue weighted by molar-refractivity contribution is -0.385. The van der Waals surface area contributed by atoms with E-state index >= 15 is 0 Å². The largest absolute Gasteiger partial charge is 0.506 e. The first-order valence-corrected chi connectivity index (χ1v) is 5.91. The van der Waals surface area contributed by atoms with Gasteiger partial charge in [0.25, 0.3) is 17.3 Å². The van der Waals surface area contributed by atoms with Crippen LogP contribution in [0.5, 0.6) is 5.75 Å². The number of amides is 1. The van der Waals surface area contributed by atoms with E-state index in [1.165, 1.54) is 24.3 Å². The molecule has 0 saturated heterocycles. The SMILES string of the molecule is O=C(Nc1ccc([N+](=O)[O-])cc1O)c1cccc([N+](=O)[O-])c1. The van der Waals surface area contributed by atoms with Gasteiger partial charge in [-0.3, -0.25) is 25.0 Å². The summed E-state index contributed by atoms with van der Waals surface area (Å²) >= 11 is 0. The van der Waals surface area contributed by atoms with Crippen LogP contribution in [0.25, 0.3) is 0 Å². The maximum absolute atomic E-state index is 12.0. The Morgan fingerprint density at radius 1 is 1.00 bits per heavy atom. The van der Waals surface area contributed by atoms with Gasteiger partial charge in [0.05, 0.1) is 21.6 Å². The Morgan fingerprint density at radius 2 is 1.64 bits per heavy atom. The number of nitrogens with one attached hydrogen (secondary N) is 1. The first-order valence-electron chi connectivity index (χ1n) is 5.91. The Hall–Kier alpha value is -3.49. The molecule has 1 amide bonds. The molecule has 2 rings (SSSR count). The van der Waals surface area contributed by atoms with Crippen molar-refractivity contribution in [2.45, 2.75) is 0 Å². The molecule has 9 heteroatoms. The number of phenols is 1. The molecule has 0 fully saturated rings. The predicted octanol–water partition coefficient (Wildman–Crippen LogP) is 2.46. The van der Waals surface area contributed by atoms with Crippen LogP contribution >= 0.6 is 0 Å². The van der Waals surface area contributed by atoms with Crippen LogP contribution in [0.15, 0.2) is 42.5 Å². The summed E-state index contributed by atoms with van der Waals surface area (Å²) in [6, 6.07) is 8.21. The molecule has 0 bridgehead atoms. The summed E-state index contributed by atoms with van der Waals surface area (Å²) < 4.78 is 0. The molecule has 0 aromatic heterocycles. The normalized spacial score (nSPS) is 10.0. The van der Waals surface area contributed by atoms with Gasteiger partial charge in [-0.15, -0.1) is 0 Å². The topological polar surface area (TPSA) is 136 Å². The lowest BCUT2D eigenvalue weighted by Crippen LogP contribution is -2.12. The Kier molecular flexibility index (Phi) is 3.98. The van der Waals surface area contributed by atoms with Crippen molar-refractivity contribution in [1.82, 2.24) is 0 Å². The Bertz CT molecular complexity index is 774. The summed E-state index contributed by atoms with van der Waals surface area (Å²) in [5.41, 5.74) is -0.597. The van der Waals surface area contributed by atoms with E-state index < -0.39 is 21.5 Å². The van der Waals surface area contributed by atoms with Crippen LogP contribution in [0.4, 0.5) is 17.1 Å². The van der Waals surface area contributed by atoms with Gasteiger partial charge in [0, 0.05) is 23.8 Å². The molecule has 0 atom stereocenters. The lowest BCUT2D eigenvalue weighted by Gasteiger charge is -2.07. The number of anilines is 1. The van der Waals surface area contributed by atoms with Crippen molar-refractivity contribution in [1.29, 1.82) is 0 Å². The Morgan fingerprint density at radius 3 is 2.23 bits per heavy atom. The van der Waals surface area contributed by atoms with Gasteiger partial charge in [-0.2, -0.15) is 0 Å². The van der Waals surface area contributed by atoms with Crippen LogP contribution in [0.1, 0.15) is 10.4 Å². The van der Waals surface area contributed by atoms with E-state index in [9.17, 15) is 30.1 Å². The van der Waals surface area contributed by atoms with Crippen molar-refractivity contribution in [3.05, 3.63) is 68.3 Å². The minimum atomic E-state index is -0.689. The highest BCUT2D eigenvalue weighted by Crippen LogP contribution is 2.28. The fraction of sp³-hybridized carbons (Fsp3) is 0. The molecule has 0 unspecified atom stereocenters. The number of hydrogen-bond donors (Lipinski definition) is 2. The highest BCUT2D eigenvalue weighted by atomic mass is 16.6. The average molecular weight is 303 g/mol. The van der Waals surface area contributed by atoms with Crippen LogP contribution in [-0.2, 0) is 0 Å². The fourth-order valence-electron chi connectivity index (χ4n) is 1.69. The third-order valence-electron chi connectivity index (χ3n) is 2.76. The second-order valence-electron chi connectivity index (χ2n) is 4.22. The Balaban J connectivity index is 2.24. The van der Waals surface area contributed by atoms with E-state index in [-0.39, 0.29) is 22.6 Å². The van der Waals surface area contributed by atoms with Gasteiger partial charge in [-0.25, -0.2) is 0 Å². The number of rotatable bonds is 4. The van der Waals surface area contributed by atoms with E-state index in [0.29, 0.717) is 0 Å². The minimum Gasteiger partial charge on any atom is -0.506 e. The first-order chi connectivity index (χ1) is 10.4. The minimum absolute atomic E-state index is 0.0203. The molecule has 9 nitrogen and oxygen atoms in total. The highest BCUT2D eigenvalue weighted by molar-refractivity contribution is 6.05. The van der Waals surface area contributed by atoms with Gasteiger partial charge >= 0.3 is 0 Å². The lowest BCUT2D eigenvalue weighted by atomic mass is 10.2. The smallest absolute Gasteiger partial charge is 0.273 e. The van der Waals surface area contributed by atoms with Crippen LogP contribution in [0.2, 0.25) is 0 Å². The molecule has 0 heterocycles. The number of nitrogens with zero attached hydrogens (tertiary/aromatic N) is 2. The molecule has 0 aliphatic heterocycles. The van der Waals surface area contributed by atoms with Gasteiger partial charge in [0.1, 0.15) is 5.75 Å². The molecular weight excluding hydrogens is 294 g/mol. The van der Waals surface area contributed by atoms with Crippen molar-refractivity contribution in [3.63, 3.8) is 0 Å². The number of benzene rings is 2. The average Bonchev–Trinajstić information content (AvgIpc) is 2.49. The number of nitro groups is 2.